The van der Waals surface area contributed by atoms with Gasteiger partial charge in [0.25, 0.3) is 5.91 Å². The van der Waals surface area contributed by atoms with E-state index >= 15 is 0 Å². The Kier molecular flexibility index (Phi) is 7.79. The van der Waals surface area contributed by atoms with Gasteiger partial charge in [-0.1, -0.05) is 30.3 Å². The number of nitrogens with one attached hydrogen (secondary N) is 2. The quantitative estimate of drug-likeness (QED) is 0.550. The van der Waals surface area contributed by atoms with Crippen molar-refractivity contribution in [2.24, 2.45) is 0 Å². The van der Waals surface area contributed by atoms with Crippen molar-refractivity contribution < 1.29 is 19.5 Å². The van der Waals surface area contributed by atoms with Gasteiger partial charge in [0.2, 0.25) is 5.78 Å². The van der Waals surface area contributed by atoms with E-state index in [1.54, 1.807) is 6.92 Å². The molecular formula is C22H33N3O4. The lowest BCUT2D eigenvalue weighted by atomic mass is 9.97. The van der Waals surface area contributed by atoms with Gasteiger partial charge >= 0.3 is 6.09 Å². The van der Waals surface area contributed by atoms with Crippen LogP contribution in [0.3, 0.4) is 0 Å². The van der Waals surface area contributed by atoms with Crippen LogP contribution >= 0.6 is 0 Å². The van der Waals surface area contributed by atoms with E-state index in [4.69, 9.17) is 5.11 Å². The van der Waals surface area contributed by atoms with E-state index < -0.39 is 23.8 Å². The van der Waals surface area contributed by atoms with E-state index in [1.807, 2.05) is 30.3 Å². The highest BCUT2D eigenvalue weighted by molar-refractivity contribution is 6.38. The Hall–Kier alpha value is -2.41. The Morgan fingerprint density at radius 1 is 1.10 bits per heavy atom. The number of hydrogen-bond acceptors (Lipinski definition) is 4. The largest absolute Gasteiger partial charge is 0.465 e. The first-order valence-electron chi connectivity index (χ1n) is 10.3. The molecule has 160 valence electrons. The van der Waals surface area contributed by atoms with E-state index in [9.17, 15) is 14.4 Å². The lowest BCUT2D eigenvalue weighted by Gasteiger charge is -2.37. The van der Waals surface area contributed by atoms with Gasteiger partial charge in [0.1, 0.15) is 6.04 Å². The molecule has 2 amide bonds. The fourth-order valence-corrected chi connectivity index (χ4v) is 4.18. The zero-order valence-electron chi connectivity index (χ0n) is 17.8. The summed E-state index contributed by atoms with van der Waals surface area (Å²) in [6, 6.07) is 8.12. The zero-order chi connectivity index (χ0) is 21.6. The molecule has 0 bridgehead atoms. The summed E-state index contributed by atoms with van der Waals surface area (Å²) >= 11 is 0. The van der Waals surface area contributed by atoms with Crippen molar-refractivity contribution in [1.82, 2.24) is 15.5 Å². The van der Waals surface area contributed by atoms with E-state index in [1.165, 1.54) is 0 Å². The Labute approximate surface area is 172 Å². The number of amides is 2. The Morgan fingerprint density at radius 3 is 2.31 bits per heavy atom. The van der Waals surface area contributed by atoms with Crippen molar-refractivity contribution in [3.8, 4) is 0 Å². The predicted molar refractivity (Wildman–Crippen MR) is 112 cm³/mol. The minimum Gasteiger partial charge on any atom is -0.465 e. The van der Waals surface area contributed by atoms with Crippen molar-refractivity contribution in [3.05, 3.63) is 35.9 Å². The summed E-state index contributed by atoms with van der Waals surface area (Å²) in [5.41, 5.74) is 0.975. The third-order valence-corrected chi connectivity index (χ3v) is 5.86. The fraction of sp³-hybridized carbons (Fsp3) is 0.591. The highest BCUT2D eigenvalue weighted by Gasteiger charge is 2.36. The minimum absolute atomic E-state index is 0.0988. The molecule has 0 saturated carbocycles. The van der Waals surface area contributed by atoms with Crippen LogP contribution in [0.25, 0.3) is 0 Å². The van der Waals surface area contributed by atoms with Crippen LogP contribution in [-0.4, -0.2) is 52.0 Å². The maximum Gasteiger partial charge on any atom is 0.405 e. The summed E-state index contributed by atoms with van der Waals surface area (Å²) < 4.78 is 0. The van der Waals surface area contributed by atoms with Gasteiger partial charge in [-0.25, -0.2) is 4.79 Å². The Morgan fingerprint density at radius 2 is 1.76 bits per heavy atom. The van der Waals surface area contributed by atoms with Gasteiger partial charge in [-0.15, -0.1) is 0 Å². The monoisotopic (exact) mass is 403 g/mol. The van der Waals surface area contributed by atoms with Gasteiger partial charge in [-0.2, -0.15) is 0 Å². The number of carbonyl (C=O) groups is 3. The molecule has 0 spiro atoms. The Bertz CT molecular complexity index is 720. The molecule has 1 aliphatic heterocycles. The first-order valence-corrected chi connectivity index (χ1v) is 10.3. The molecule has 1 aliphatic rings. The van der Waals surface area contributed by atoms with Crippen molar-refractivity contribution in [2.45, 2.75) is 77.0 Å². The number of benzene rings is 1. The summed E-state index contributed by atoms with van der Waals surface area (Å²) in [6.45, 7) is 9.28. The third kappa shape index (κ3) is 6.29. The standard InChI is InChI=1S/C22H33N3O4/c1-15(25-14-8-13-22(25,3)4)11-12-18(24-21(28)29)19(26)20(27)23-16(2)17-9-6-5-7-10-17/h5-7,9-10,15-16,18,24H,8,11-14H2,1-4H3,(H,23,27)(H,28,29)/t15?,16-,18+/m1/s1. The van der Waals surface area contributed by atoms with Crippen molar-refractivity contribution in [2.75, 3.05) is 6.54 Å². The molecule has 1 unspecified atom stereocenters. The van der Waals surface area contributed by atoms with Crippen LogP contribution in [-0.2, 0) is 9.59 Å². The number of nitrogens with zero attached hydrogens (tertiary/aromatic N) is 1. The topological polar surface area (TPSA) is 98.7 Å². The lowest BCUT2D eigenvalue weighted by Crippen LogP contribution is -2.49. The molecule has 0 radical (unpaired) electrons. The molecule has 3 N–H and O–H groups in total. The summed E-state index contributed by atoms with van der Waals surface area (Å²) in [5.74, 6) is -1.52. The van der Waals surface area contributed by atoms with Crippen LogP contribution in [0.15, 0.2) is 30.3 Å². The summed E-state index contributed by atoms with van der Waals surface area (Å²) in [5, 5.41) is 14.0. The molecule has 0 aromatic heterocycles. The van der Waals surface area contributed by atoms with Crippen LogP contribution in [0.1, 0.15) is 65.0 Å². The second-order valence-corrected chi connectivity index (χ2v) is 8.51. The van der Waals surface area contributed by atoms with Crippen LogP contribution in [0.2, 0.25) is 0 Å². The molecular weight excluding hydrogens is 370 g/mol. The van der Waals surface area contributed by atoms with Gasteiger partial charge in [-0.05, 0) is 65.5 Å². The van der Waals surface area contributed by atoms with Gasteiger partial charge in [-0.3, -0.25) is 14.5 Å². The predicted octanol–water partition coefficient (Wildman–Crippen LogP) is 3.11. The fourth-order valence-electron chi connectivity index (χ4n) is 4.18. The Balaban J connectivity index is 1.98. The molecule has 7 nitrogen and oxygen atoms in total. The van der Waals surface area contributed by atoms with Gasteiger partial charge < -0.3 is 15.7 Å². The zero-order valence-corrected chi connectivity index (χ0v) is 17.8. The van der Waals surface area contributed by atoms with E-state index in [2.05, 4.69) is 36.3 Å². The molecule has 1 saturated heterocycles. The van der Waals surface area contributed by atoms with Crippen molar-refractivity contribution >= 4 is 17.8 Å². The van der Waals surface area contributed by atoms with Crippen LogP contribution in [0, 0.1) is 0 Å². The number of hydrogen-bond donors (Lipinski definition) is 3. The third-order valence-electron chi connectivity index (χ3n) is 5.86. The smallest absolute Gasteiger partial charge is 0.405 e. The average Bonchev–Trinajstić information content (AvgIpc) is 3.03. The lowest BCUT2D eigenvalue weighted by molar-refractivity contribution is -0.139. The first-order chi connectivity index (χ1) is 13.6. The summed E-state index contributed by atoms with van der Waals surface area (Å²) in [7, 11) is 0. The molecule has 3 atom stereocenters. The van der Waals surface area contributed by atoms with E-state index in [0.717, 1.165) is 24.9 Å². The maximum absolute atomic E-state index is 12.7. The number of ketones is 1. The van der Waals surface area contributed by atoms with Gasteiger partial charge in [0, 0.05) is 11.6 Å². The highest BCUT2D eigenvalue weighted by atomic mass is 16.4. The van der Waals surface area contributed by atoms with Gasteiger partial charge in [0.05, 0.1) is 6.04 Å². The maximum atomic E-state index is 12.7. The molecule has 1 aromatic carbocycles. The van der Waals surface area contributed by atoms with Crippen molar-refractivity contribution in [3.63, 3.8) is 0 Å². The first kappa shape index (κ1) is 22.9. The minimum atomic E-state index is -1.30. The molecule has 0 aliphatic carbocycles. The van der Waals surface area contributed by atoms with Crippen LogP contribution in [0.5, 0.6) is 0 Å². The van der Waals surface area contributed by atoms with E-state index in [-0.39, 0.29) is 24.0 Å². The highest BCUT2D eigenvalue weighted by Crippen LogP contribution is 2.31. The molecule has 7 heteroatoms. The SMILES string of the molecule is CC(CC[C@H](NC(=O)O)C(=O)C(=O)N[C@H](C)c1ccccc1)N1CCCC1(C)C. The number of carboxylic acid groups (broad SMARTS) is 1. The second kappa shape index (κ2) is 9.87. The van der Waals surface area contributed by atoms with E-state index in [0.29, 0.717) is 6.42 Å². The molecule has 1 aromatic rings. The van der Waals surface area contributed by atoms with Crippen LogP contribution in [0.4, 0.5) is 4.79 Å². The summed E-state index contributed by atoms with van der Waals surface area (Å²) in [4.78, 5) is 38.7. The number of carbonyl (C=O) groups excluding carboxylic acids is 2. The average molecular weight is 404 g/mol. The second-order valence-electron chi connectivity index (χ2n) is 8.51. The number of likely N-dealkylation sites (tertiary alicyclic amines) is 1. The number of rotatable bonds is 9. The summed E-state index contributed by atoms with van der Waals surface area (Å²) in [6.07, 6.45) is 1.86. The normalized spacial score (nSPS) is 19.2. The number of Topliss-reactive ketones (excluding diaryl/α,β-unsaturated/α-hetero) is 1. The molecule has 1 heterocycles. The van der Waals surface area contributed by atoms with Crippen LogP contribution < -0.4 is 10.6 Å². The van der Waals surface area contributed by atoms with Crippen molar-refractivity contribution in [1.29, 1.82) is 0 Å². The molecule has 1 fully saturated rings. The molecule has 2 rings (SSSR count). The van der Waals surface area contributed by atoms with Gasteiger partial charge in [0.15, 0.2) is 0 Å². The molecule has 29 heavy (non-hydrogen) atoms.